The highest BCUT2D eigenvalue weighted by molar-refractivity contribution is 9.10. The Balaban J connectivity index is 3.20. The standard InChI is InChI=1S/C8H8BrNO/c1-5(11)7-3-2-6(10)4-8(7)9/h2-4H,10H2,1H3. The number of hydrogen-bond donors (Lipinski definition) is 1. The number of anilines is 1. The Morgan fingerprint density at radius 1 is 1.55 bits per heavy atom. The van der Waals surface area contributed by atoms with Gasteiger partial charge in [-0.2, -0.15) is 0 Å². The van der Waals surface area contributed by atoms with Gasteiger partial charge in [0.15, 0.2) is 5.78 Å². The Hall–Kier alpha value is -0.830. The number of halogens is 1. The first-order chi connectivity index (χ1) is 5.11. The molecule has 0 saturated heterocycles. The van der Waals surface area contributed by atoms with Crippen LogP contribution in [0.4, 0.5) is 5.69 Å². The van der Waals surface area contributed by atoms with E-state index in [4.69, 9.17) is 5.73 Å². The second kappa shape index (κ2) is 3.05. The quantitative estimate of drug-likeness (QED) is 0.575. The van der Waals surface area contributed by atoms with E-state index in [1.807, 2.05) is 0 Å². The van der Waals surface area contributed by atoms with Crippen LogP contribution >= 0.6 is 15.9 Å². The molecule has 3 heteroatoms. The largest absolute Gasteiger partial charge is 0.399 e. The number of nitrogen functional groups attached to an aromatic ring is 1. The molecule has 0 saturated carbocycles. The second-order valence-corrected chi connectivity index (χ2v) is 3.15. The molecular formula is C8H8BrNO. The Morgan fingerprint density at radius 2 is 2.18 bits per heavy atom. The summed E-state index contributed by atoms with van der Waals surface area (Å²) in [6.45, 7) is 1.52. The average molecular weight is 214 g/mol. The molecule has 58 valence electrons. The molecule has 2 N–H and O–H groups in total. The molecule has 1 rings (SSSR count). The molecule has 0 amide bonds. The van der Waals surface area contributed by atoms with E-state index in [2.05, 4.69) is 15.9 Å². The molecule has 2 nitrogen and oxygen atoms in total. The van der Waals surface area contributed by atoms with Crippen molar-refractivity contribution < 1.29 is 4.79 Å². The number of carbonyl (C=O) groups is 1. The van der Waals surface area contributed by atoms with Crippen LogP contribution in [0, 0.1) is 0 Å². The van der Waals surface area contributed by atoms with Crippen LogP contribution in [0.25, 0.3) is 0 Å². The lowest BCUT2D eigenvalue weighted by Gasteiger charge is -1.99. The van der Waals surface area contributed by atoms with Crippen LogP contribution < -0.4 is 5.73 Å². The Bertz CT molecular complexity index is 296. The zero-order chi connectivity index (χ0) is 8.43. The first kappa shape index (κ1) is 8.27. The van der Waals surface area contributed by atoms with Crippen molar-refractivity contribution in [1.82, 2.24) is 0 Å². The van der Waals surface area contributed by atoms with Gasteiger partial charge in [-0.15, -0.1) is 0 Å². The van der Waals surface area contributed by atoms with E-state index in [1.54, 1.807) is 18.2 Å². The molecular weight excluding hydrogens is 206 g/mol. The van der Waals surface area contributed by atoms with E-state index in [0.29, 0.717) is 11.3 Å². The highest BCUT2D eigenvalue weighted by Gasteiger charge is 2.03. The maximum absolute atomic E-state index is 10.9. The summed E-state index contributed by atoms with van der Waals surface area (Å²) in [6.07, 6.45) is 0. The molecule has 0 atom stereocenters. The van der Waals surface area contributed by atoms with E-state index >= 15 is 0 Å². The van der Waals surface area contributed by atoms with Gasteiger partial charge in [-0.3, -0.25) is 4.79 Å². The van der Waals surface area contributed by atoms with Gasteiger partial charge in [0.2, 0.25) is 0 Å². The fourth-order valence-electron chi connectivity index (χ4n) is 0.817. The summed E-state index contributed by atoms with van der Waals surface area (Å²) in [6, 6.07) is 5.14. The van der Waals surface area contributed by atoms with Gasteiger partial charge in [0, 0.05) is 15.7 Å². The number of carbonyl (C=O) groups excluding carboxylic acids is 1. The van der Waals surface area contributed by atoms with Crippen LogP contribution in [-0.2, 0) is 0 Å². The number of benzene rings is 1. The Labute approximate surface area is 73.5 Å². The minimum atomic E-state index is 0.0388. The van der Waals surface area contributed by atoms with Gasteiger partial charge >= 0.3 is 0 Å². The van der Waals surface area contributed by atoms with Crippen LogP contribution in [0.2, 0.25) is 0 Å². The minimum absolute atomic E-state index is 0.0388. The van der Waals surface area contributed by atoms with Crippen molar-refractivity contribution in [1.29, 1.82) is 0 Å². The smallest absolute Gasteiger partial charge is 0.160 e. The summed E-state index contributed by atoms with van der Waals surface area (Å²) in [5.41, 5.74) is 6.81. The van der Waals surface area contributed by atoms with Crippen LogP contribution in [0.1, 0.15) is 17.3 Å². The van der Waals surface area contributed by atoms with Crippen molar-refractivity contribution in [3.8, 4) is 0 Å². The third-order valence-electron chi connectivity index (χ3n) is 1.37. The van der Waals surface area contributed by atoms with E-state index in [-0.39, 0.29) is 5.78 Å². The predicted molar refractivity (Wildman–Crippen MR) is 48.6 cm³/mol. The van der Waals surface area contributed by atoms with Crippen LogP contribution in [0.5, 0.6) is 0 Å². The van der Waals surface area contributed by atoms with E-state index in [1.165, 1.54) is 6.92 Å². The van der Waals surface area contributed by atoms with E-state index < -0.39 is 0 Å². The summed E-state index contributed by atoms with van der Waals surface area (Å²) < 4.78 is 0.755. The van der Waals surface area contributed by atoms with Gasteiger partial charge in [-0.1, -0.05) is 0 Å². The third-order valence-corrected chi connectivity index (χ3v) is 2.03. The first-order valence-electron chi connectivity index (χ1n) is 3.17. The lowest BCUT2D eigenvalue weighted by atomic mass is 10.1. The maximum Gasteiger partial charge on any atom is 0.160 e. The monoisotopic (exact) mass is 213 g/mol. The van der Waals surface area contributed by atoms with Gasteiger partial charge < -0.3 is 5.73 Å². The molecule has 11 heavy (non-hydrogen) atoms. The van der Waals surface area contributed by atoms with Gasteiger partial charge in [0.25, 0.3) is 0 Å². The number of ketones is 1. The minimum Gasteiger partial charge on any atom is -0.399 e. The van der Waals surface area contributed by atoms with Crippen molar-refractivity contribution in [3.05, 3.63) is 28.2 Å². The Morgan fingerprint density at radius 3 is 2.64 bits per heavy atom. The number of Topliss-reactive ketones (excluding diaryl/α,β-unsaturated/α-hetero) is 1. The number of hydrogen-bond acceptors (Lipinski definition) is 2. The molecule has 0 spiro atoms. The molecule has 0 aliphatic rings. The van der Waals surface area contributed by atoms with Crippen LogP contribution in [0.3, 0.4) is 0 Å². The van der Waals surface area contributed by atoms with Crippen molar-refractivity contribution >= 4 is 27.4 Å². The summed E-state index contributed by atoms with van der Waals surface area (Å²) in [5.74, 6) is 0.0388. The molecule has 0 heterocycles. The SMILES string of the molecule is CC(=O)c1ccc(N)cc1Br. The third kappa shape index (κ3) is 1.80. The normalized spacial score (nSPS) is 9.64. The Kier molecular flexibility index (Phi) is 2.29. The van der Waals surface area contributed by atoms with Crippen molar-refractivity contribution in [3.63, 3.8) is 0 Å². The van der Waals surface area contributed by atoms with Crippen LogP contribution in [0.15, 0.2) is 22.7 Å². The fourth-order valence-corrected chi connectivity index (χ4v) is 1.49. The van der Waals surface area contributed by atoms with E-state index in [0.717, 1.165) is 4.47 Å². The topological polar surface area (TPSA) is 43.1 Å². The van der Waals surface area contributed by atoms with Crippen molar-refractivity contribution in [2.24, 2.45) is 0 Å². The fraction of sp³-hybridized carbons (Fsp3) is 0.125. The van der Waals surface area contributed by atoms with E-state index in [9.17, 15) is 4.79 Å². The van der Waals surface area contributed by atoms with Gasteiger partial charge in [0.05, 0.1) is 0 Å². The highest BCUT2D eigenvalue weighted by atomic mass is 79.9. The molecule has 0 aromatic heterocycles. The second-order valence-electron chi connectivity index (χ2n) is 2.30. The summed E-state index contributed by atoms with van der Waals surface area (Å²) in [4.78, 5) is 10.9. The van der Waals surface area contributed by atoms with Gasteiger partial charge in [-0.05, 0) is 41.1 Å². The van der Waals surface area contributed by atoms with Crippen LogP contribution in [-0.4, -0.2) is 5.78 Å². The zero-order valence-corrected chi connectivity index (χ0v) is 7.68. The molecule has 0 unspecified atom stereocenters. The summed E-state index contributed by atoms with van der Waals surface area (Å²) in [7, 11) is 0. The first-order valence-corrected chi connectivity index (χ1v) is 3.96. The molecule has 0 fully saturated rings. The highest BCUT2D eigenvalue weighted by Crippen LogP contribution is 2.19. The molecule has 1 aromatic rings. The van der Waals surface area contributed by atoms with Crippen molar-refractivity contribution in [2.45, 2.75) is 6.92 Å². The average Bonchev–Trinajstić information content (AvgIpc) is 1.85. The number of rotatable bonds is 1. The van der Waals surface area contributed by atoms with Crippen molar-refractivity contribution in [2.75, 3.05) is 5.73 Å². The van der Waals surface area contributed by atoms with Gasteiger partial charge in [-0.25, -0.2) is 0 Å². The summed E-state index contributed by atoms with van der Waals surface area (Å²) >= 11 is 3.25. The molecule has 0 radical (unpaired) electrons. The zero-order valence-electron chi connectivity index (χ0n) is 6.10. The molecule has 0 aliphatic heterocycles. The lowest BCUT2D eigenvalue weighted by Crippen LogP contribution is -1.94. The molecule has 0 bridgehead atoms. The molecule has 0 aliphatic carbocycles. The number of nitrogens with two attached hydrogens (primary N) is 1. The summed E-state index contributed by atoms with van der Waals surface area (Å²) in [5, 5.41) is 0. The van der Waals surface area contributed by atoms with Gasteiger partial charge in [0.1, 0.15) is 0 Å². The lowest BCUT2D eigenvalue weighted by molar-refractivity contribution is 0.101. The maximum atomic E-state index is 10.9. The molecule has 1 aromatic carbocycles. The predicted octanol–water partition coefficient (Wildman–Crippen LogP) is 2.23.